The average molecular weight is 385 g/mol. The van der Waals surface area contributed by atoms with Crippen LogP contribution in [0.15, 0.2) is 48.5 Å². The van der Waals surface area contributed by atoms with Gasteiger partial charge in [0.15, 0.2) is 0 Å². The summed E-state index contributed by atoms with van der Waals surface area (Å²) in [7, 11) is 0. The molecule has 3 nitrogen and oxygen atoms in total. The maximum absolute atomic E-state index is 12.9. The molecule has 1 saturated heterocycles. The van der Waals surface area contributed by atoms with E-state index in [-0.39, 0.29) is 17.7 Å². The number of amides is 1. The zero-order chi connectivity index (χ0) is 19.2. The van der Waals surface area contributed by atoms with E-state index in [2.05, 4.69) is 36.2 Å². The molecule has 2 aromatic rings. The van der Waals surface area contributed by atoms with Crippen LogP contribution in [0.4, 0.5) is 11.4 Å². The van der Waals surface area contributed by atoms with Crippen LogP contribution in [0.3, 0.4) is 0 Å². The minimum atomic E-state index is -0.201. The van der Waals surface area contributed by atoms with Gasteiger partial charge in [0, 0.05) is 29.5 Å². The molecule has 1 fully saturated rings. The Bertz CT molecular complexity index is 732. The number of hydrogen-bond acceptors (Lipinski definition) is 2. The van der Waals surface area contributed by atoms with Gasteiger partial charge in [0.05, 0.1) is 5.92 Å². The quantitative estimate of drug-likeness (QED) is 0.675. The summed E-state index contributed by atoms with van der Waals surface area (Å²) in [5.41, 5.74) is 3.08. The van der Waals surface area contributed by atoms with E-state index in [1.54, 1.807) is 0 Å². The lowest BCUT2D eigenvalue weighted by Crippen LogP contribution is -2.25. The summed E-state index contributed by atoms with van der Waals surface area (Å²) in [6.07, 6.45) is 5.17. The summed E-state index contributed by atoms with van der Waals surface area (Å²) in [4.78, 5) is 15.4. The first-order chi connectivity index (χ1) is 13.0. The van der Waals surface area contributed by atoms with Crippen LogP contribution in [0.25, 0.3) is 0 Å². The average Bonchev–Trinajstić information content (AvgIpc) is 2.93. The second kappa shape index (κ2) is 9.27. The van der Waals surface area contributed by atoms with Gasteiger partial charge in [0.2, 0.25) is 5.91 Å². The van der Waals surface area contributed by atoms with Crippen LogP contribution in [-0.2, 0) is 4.79 Å². The van der Waals surface area contributed by atoms with E-state index < -0.39 is 0 Å². The number of benzene rings is 2. The molecule has 1 amide bonds. The number of carbonyl (C=O) groups excluding carboxylic acids is 1. The first-order valence-electron chi connectivity index (χ1n) is 9.96. The molecule has 0 radical (unpaired) electrons. The molecular formula is C23H29ClN2O. The molecule has 2 aromatic carbocycles. The molecule has 1 aliphatic heterocycles. The fourth-order valence-corrected chi connectivity index (χ4v) is 3.94. The van der Waals surface area contributed by atoms with Gasteiger partial charge in [-0.2, -0.15) is 0 Å². The van der Waals surface area contributed by atoms with Crippen molar-refractivity contribution in [3.8, 4) is 0 Å². The van der Waals surface area contributed by atoms with Crippen molar-refractivity contribution in [1.82, 2.24) is 0 Å². The maximum Gasteiger partial charge on any atom is 0.232 e. The van der Waals surface area contributed by atoms with Gasteiger partial charge in [0.25, 0.3) is 0 Å². The van der Waals surface area contributed by atoms with Crippen molar-refractivity contribution in [2.24, 2.45) is 5.92 Å². The summed E-state index contributed by atoms with van der Waals surface area (Å²) < 4.78 is 0. The lowest BCUT2D eigenvalue weighted by atomic mass is 9.87. The normalized spacial score (nSPS) is 16.1. The highest BCUT2D eigenvalue weighted by atomic mass is 35.5. The maximum atomic E-state index is 12.9. The fraction of sp³-hybridized carbons (Fsp3) is 0.435. The van der Waals surface area contributed by atoms with Crippen LogP contribution in [0.1, 0.15) is 51.0 Å². The summed E-state index contributed by atoms with van der Waals surface area (Å²) in [6.45, 7) is 6.39. The Hall–Kier alpha value is -2.00. The molecule has 1 aliphatic rings. The molecule has 27 heavy (non-hydrogen) atoms. The van der Waals surface area contributed by atoms with Crippen LogP contribution in [0.5, 0.6) is 0 Å². The van der Waals surface area contributed by atoms with Gasteiger partial charge in [0.1, 0.15) is 0 Å². The third-order valence-electron chi connectivity index (χ3n) is 5.28. The van der Waals surface area contributed by atoms with E-state index in [9.17, 15) is 4.79 Å². The number of carbonyl (C=O) groups is 1. The van der Waals surface area contributed by atoms with Gasteiger partial charge in [-0.3, -0.25) is 4.79 Å². The lowest BCUT2D eigenvalue weighted by molar-refractivity contribution is -0.118. The van der Waals surface area contributed by atoms with Crippen LogP contribution >= 0.6 is 11.6 Å². The highest BCUT2D eigenvalue weighted by molar-refractivity contribution is 6.30. The topological polar surface area (TPSA) is 32.3 Å². The van der Waals surface area contributed by atoms with E-state index >= 15 is 0 Å². The standard InChI is InChI=1S/C23H29ClN2O/c1-17(2)22(18-7-9-19(24)10-8-18)23(27)25-20-11-13-21(14-12-20)26-15-5-3-4-6-16-26/h7-14,17,22H,3-6,15-16H2,1-2H3,(H,25,27)/t22-/m0/s1. The number of halogens is 1. The largest absolute Gasteiger partial charge is 0.372 e. The number of anilines is 2. The highest BCUT2D eigenvalue weighted by Gasteiger charge is 2.24. The highest BCUT2D eigenvalue weighted by Crippen LogP contribution is 2.28. The van der Waals surface area contributed by atoms with Crippen molar-refractivity contribution in [3.63, 3.8) is 0 Å². The third-order valence-corrected chi connectivity index (χ3v) is 5.54. The Labute approximate surface area is 167 Å². The van der Waals surface area contributed by atoms with Gasteiger partial charge < -0.3 is 10.2 Å². The summed E-state index contributed by atoms with van der Waals surface area (Å²) >= 11 is 5.99. The SMILES string of the molecule is CC(C)[C@H](C(=O)Nc1ccc(N2CCCCCC2)cc1)c1ccc(Cl)cc1. The molecule has 144 valence electrons. The zero-order valence-corrected chi connectivity index (χ0v) is 17.0. The second-order valence-electron chi connectivity index (χ2n) is 7.71. The Morgan fingerprint density at radius 3 is 2.07 bits per heavy atom. The molecule has 0 spiro atoms. The third kappa shape index (κ3) is 5.26. The number of rotatable bonds is 5. The lowest BCUT2D eigenvalue weighted by Gasteiger charge is -2.23. The zero-order valence-electron chi connectivity index (χ0n) is 16.2. The van der Waals surface area contributed by atoms with E-state index in [0.717, 1.165) is 24.3 Å². The molecule has 0 unspecified atom stereocenters. The summed E-state index contributed by atoms with van der Waals surface area (Å²) in [6, 6.07) is 15.8. The van der Waals surface area contributed by atoms with Crippen molar-refractivity contribution < 1.29 is 4.79 Å². The van der Waals surface area contributed by atoms with Crippen LogP contribution < -0.4 is 10.2 Å². The molecular weight excluding hydrogens is 356 g/mol. The predicted molar refractivity (Wildman–Crippen MR) is 115 cm³/mol. The summed E-state index contributed by atoms with van der Waals surface area (Å²) in [5.74, 6) is 0.0185. The minimum absolute atomic E-state index is 0.0230. The van der Waals surface area contributed by atoms with Gasteiger partial charge >= 0.3 is 0 Å². The Morgan fingerprint density at radius 2 is 1.52 bits per heavy atom. The van der Waals surface area contributed by atoms with E-state index in [0.29, 0.717) is 5.02 Å². The Kier molecular flexibility index (Phi) is 6.78. The molecule has 0 bridgehead atoms. The van der Waals surface area contributed by atoms with Crippen LogP contribution in [-0.4, -0.2) is 19.0 Å². The Morgan fingerprint density at radius 1 is 0.926 bits per heavy atom. The van der Waals surface area contributed by atoms with Crippen molar-refractivity contribution in [1.29, 1.82) is 0 Å². The number of hydrogen-bond donors (Lipinski definition) is 1. The minimum Gasteiger partial charge on any atom is -0.372 e. The van der Waals surface area contributed by atoms with Crippen molar-refractivity contribution in [2.75, 3.05) is 23.3 Å². The second-order valence-corrected chi connectivity index (χ2v) is 8.15. The van der Waals surface area contributed by atoms with Gasteiger partial charge in [-0.25, -0.2) is 0 Å². The number of nitrogens with zero attached hydrogens (tertiary/aromatic N) is 1. The van der Waals surface area contributed by atoms with Crippen LogP contribution in [0.2, 0.25) is 5.02 Å². The van der Waals surface area contributed by atoms with E-state index in [4.69, 9.17) is 11.6 Å². The van der Waals surface area contributed by atoms with Crippen LogP contribution in [0, 0.1) is 5.92 Å². The predicted octanol–water partition coefficient (Wildman–Crippen LogP) is 6.10. The molecule has 1 atom stereocenters. The summed E-state index contributed by atoms with van der Waals surface area (Å²) in [5, 5.41) is 3.77. The van der Waals surface area contributed by atoms with Gasteiger partial charge in [-0.15, -0.1) is 0 Å². The first-order valence-corrected chi connectivity index (χ1v) is 10.3. The van der Waals surface area contributed by atoms with E-state index in [1.165, 1.54) is 31.4 Å². The molecule has 0 aromatic heterocycles. The number of nitrogens with one attached hydrogen (secondary N) is 1. The van der Waals surface area contributed by atoms with Crippen molar-refractivity contribution in [2.45, 2.75) is 45.4 Å². The van der Waals surface area contributed by atoms with Gasteiger partial charge in [-0.1, -0.05) is 50.4 Å². The smallest absolute Gasteiger partial charge is 0.232 e. The molecule has 3 rings (SSSR count). The monoisotopic (exact) mass is 384 g/mol. The fourth-order valence-electron chi connectivity index (χ4n) is 3.81. The molecule has 1 N–H and O–H groups in total. The van der Waals surface area contributed by atoms with E-state index in [1.807, 2.05) is 36.4 Å². The Balaban J connectivity index is 1.69. The van der Waals surface area contributed by atoms with Crippen molar-refractivity contribution in [3.05, 3.63) is 59.1 Å². The van der Waals surface area contributed by atoms with Crippen molar-refractivity contribution >= 4 is 28.9 Å². The molecule has 0 aliphatic carbocycles. The first kappa shape index (κ1) is 19.8. The molecule has 1 heterocycles. The molecule has 4 heteroatoms. The van der Waals surface area contributed by atoms with Gasteiger partial charge in [-0.05, 0) is 60.7 Å². The molecule has 0 saturated carbocycles.